The summed E-state index contributed by atoms with van der Waals surface area (Å²) in [6.45, 7) is 0. The van der Waals surface area contributed by atoms with E-state index in [1.807, 2.05) is 2.98 Å². The lowest BCUT2D eigenvalue weighted by molar-refractivity contribution is 1.56. The maximum absolute atomic E-state index is 3.57. The van der Waals surface area contributed by atoms with Crippen molar-refractivity contribution in [2.24, 2.45) is 0 Å². The van der Waals surface area contributed by atoms with Crippen LogP contribution >= 0.6 is 55.5 Å². The minimum atomic E-state index is 1.05. The molecule has 0 aliphatic heterocycles. The molecular formula is C6H4Br2N4S2. The van der Waals surface area contributed by atoms with E-state index in [1.165, 1.54) is 23.5 Å². The summed E-state index contributed by atoms with van der Waals surface area (Å²) in [5, 5.41) is 0. The summed E-state index contributed by atoms with van der Waals surface area (Å²) in [6.07, 6.45) is 0. The second-order valence-corrected chi connectivity index (χ2v) is 6.09. The molecule has 3 aromatic rings. The highest BCUT2D eigenvalue weighted by Crippen LogP contribution is 2.32. The highest BCUT2D eigenvalue weighted by Gasteiger charge is 2.10. The number of aromatic amines is 3. The van der Waals surface area contributed by atoms with Crippen LogP contribution in [-0.4, -0.2) is 16.1 Å². The van der Waals surface area contributed by atoms with E-state index in [0.29, 0.717) is 0 Å². The van der Waals surface area contributed by atoms with Crippen LogP contribution in [-0.2, 0) is 0 Å². The summed E-state index contributed by atoms with van der Waals surface area (Å²) < 4.78 is 12.6. The maximum Gasteiger partial charge on any atom is 0.0928 e. The molecule has 74 valence electrons. The molecule has 1 aromatic carbocycles. The van der Waals surface area contributed by atoms with Crippen molar-refractivity contribution in [1.82, 2.24) is 16.1 Å². The van der Waals surface area contributed by atoms with E-state index in [9.17, 15) is 0 Å². The van der Waals surface area contributed by atoms with Gasteiger partial charge in [-0.25, -0.2) is 2.98 Å². The van der Waals surface area contributed by atoms with Crippen molar-refractivity contribution in [1.29, 1.82) is 0 Å². The number of H-pyrrole nitrogens is 3. The van der Waals surface area contributed by atoms with Crippen molar-refractivity contribution in [2.75, 3.05) is 0 Å². The predicted molar refractivity (Wildman–Crippen MR) is 67.9 cm³/mol. The number of rotatable bonds is 0. The van der Waals surface area contributed by atoms with Gasteiger partial charge in [0, 0.05) is 23.5 Å². The van der Waals surface area contributed by atoms with Crippen molar-refractivity contribution in [3.05, 3.63) is 10.5 Å². The van der Waals surface area contributed by atoms with E-state index in [1.54, 1.807) is 0 Å². The molecule has 0 bridgehead atoms. The Labute approximate surface area is 104 Å². The van der Waals surface area contributed by atoms with Gasteiger partial charge in [0.2, 0.25) is 0 Å². The van der Waals surface area contributed by atoms with E-state index in [4.69, 9.17) is 0 Å². The van der Waals surface area contributed by atoms with Crippen molar-refractivity contribution in [2.45, 2.75) is 0 Å². The first-order valence-electron chi connectivity index (χ1n) is 3.70. The normalized spacial score (nSPS) is 11.6. The van der Waals surface area contributed by atoms with Gasteiger partial charge in [0.15, 0.2) is 0 Å². The van der Waals surface area contributed by atoms with Crippen LogP contribution in [0.2, 0.25) is 0 Å². The van der Waals surface area contributed by atoms with Crippen LogP contribution in [0.4, 0.5) is 0 Å². The van der Waals surface area contributed by atoms with Crippen molar-refractivity contribution in [3.63, 3.8) is 0 Å². The lowest BCUT2D eigenvalue weighted by Crippen LogP contribution is -1.78. The van der Waals surface area contributed by atoms with Gasteiger partial charge in [-0.3, -0.25) is 13.1 Å². The van der Waals surface area contributed by atoms with Gasteiger partial charge in [-0.1, -0.05) is 0 Å². The Kier molecular flexibility index (Phi) is 2.05. The molecule has 0 fully saturated rings. The fourth-order valence-electron chi connectivity index (χ4n) is 1.32. The lowest BCUT2D eigenvalue weighted by atomic mass is 10.3. The minimum absolute atomic E-state index is 1.05. The number of halogens is 2. The molecule has 2 aromatic heterocycles. The van der Waals surface area contributed by atoms with Gasteiger partial charge < -0.3 is 0 Å². The molecule has 0 aliphatic carbocycles. The Balaban J connectivity index is 2.64. The Morgan fingerprint density at radius 2 is 2.07 bits per heavy atom. The summed E-state index contributed by atoms with van der Waals surface area (Å²) in [6, 6.07) is 2.09. The summed E-state index contributed by atoms with van der Waals surface area (Å²) >= 11 is 9.98. The quantitative estimate of drug-likeness (QED) is 0.547. The molecule has 4 nitrogen and oxygen atoms in total. The van der Waals surface area contributed by atoms with E-state index in [-0.39, 0.29) is 0 Å². The molecule has 14 heavy (non-hydrogen) atoms. The monoisotopic (exact) mass is 354 g/mol. The van der Waals surface area contributed by atoms with E-state index in [2.05, 4.69) is 51.3 Å². The highest BCUT2D eigenvalue weighted by atomic mass is 79.9. The Bertz CT molecular complexity index is 631. The van der Waals surface area contributed by atoms with Crippen LogP contribution in [0.1, 0.15) is 0 Å². The van der Waals surface area contributed by atoms with Crippen molar-refractivity contribution < 1.29 is 0 Å². The molecule has 0 unspecified atom stereocenters. The molecule has 0 radical (unpaired) electrons. The van der Waals surface area contributed by atoms with E-state index < -0.39 is 0 Å². The number of aromatic nitrogens is 4. The first-order valence-corrected chi connectivity index (χ1v) is 6.80. The molecule has 0 saturated heterocycles. The van der Waals surface area contributed by atoms with Gasteiger partial charge in [-0.05, 0) is 22.0 Å². The predicted octanol–water partition coefficient (Wildman–Crippen LogP) is 3.95. The Morgan fingerprint density at radius 3 is 2.93 bits per heavy atom. The average Bonchev–Trinajstić information content (AvgIpc) is 2.75. The number of benzene rings is 1. The molecule has 3 N–H and O–H groups in total. The maximum atomic E-state index is 3.57. The lowest BCUT2D eigenvalue weighted by Gasteiger charge is -1.96. The minimum Gasteiger partial charge on any atom is -0.295 e. The van der Waals surface area contributed by atoms with Crippen molar-refractivity contribution >= 4 is 77.6 Å². The number of hydrogen-bond acceptors (Lipinski definition) is 2. The van der Waals surface area contributed by atoms with Crippen LogP contribution < -0.4 is 0 Å². The molecule has 0 spiro atoms. The van der Waals surface area contributed by atoms with Crippen LogP contribution in [0.15, 0.2) is 10.5 Å². The zero-order valence-corrected chi connectivity index (χ0v) is 11.4. The Hall–Kier alpha value is -0.180. The average molecular weight is 356 g/mol. The molecular weight excluding hydrogens is 352 g/mol. The molecule has 2 heterocycles. The number of nitrogens with one attached hydrogen (secondary N) is 3. The van der Waals surface area contributed by atoms with E-state index >= 15 is 0 Å². The molecule has 0 amide bonds. The third kappa shape index (κ3) is 1.14. The topological polar surface area (TPSA) is 52.3 Å². The first-order chi connectivity index (χ1) is 6.77. The standard InChI is InChI=1S/C6H4Br2N4S2/c7-4-5-2(9-13-10-5)1-3-6(4)11-14-12(3)8/h1,9-11H. The number of fused-ring (bicyclic) bond motifs is 2. The van der Waals surface area contributed by atoms with Gasteiger partial charge in [0.1, 0.15) is 0 Å². The largest absolute Gasteiger partial charge is 0.295 e. The first kappa shape index (κ1) is 9.08. The van der Waals surface area contributed by atoms with E-state index in [0.717, 1.165) is 26.5 Å². The fraction of sp³-hybridized carbons (Fsp3) is 0. The second kappa shape index (κ2) is 3.16. The fourth-order valence-corrected chi connectivity index (χ4v) is 3.95. The summed E-state index contributed by atoms with van der Waals surface area (Å²) in [7, 11) is 0. The molecule has 8 heteroatoms. The van der Waals surface area contributed by atoms with Crippen LogP contribution in [0, 0.1) is 0 Å². The molecule has 0 aliphatic rings. The molecule has 3 rings (SSSR count). The zero-order valence-electron chi connectivity index (χ0n) is 6.60. The SMILES string of the molecule is Brc1c2[nH]s[nH]c2cc2c1[nH]sn2Br. The third-order valence-corrected chi connectivity index (χ3v) is 4.87. The second-order valence-electron chi connectivity index (χ2n) is 2.75. The van der Waals surface area contributed by atoms with Crippen LogP contribution in [0.3, 0.4) is 0 Å². The van der Waals surface area contributed by atoms with Gasteiger partial charge >= 0.3 is 0 Å². The van der Waals surface area contributed by atoms with Crippen LogP contribution in [0.25, 0.3) is 22.1 Å². The van der Waals surface area contributed by atoms with Gasteiger partial charge in [0.05, 0.1) is 42.7 Å². The highest BCUT2D eigenvalue weighted by molar-refractivity contribution is 9.11. The Morgan fingerprint density at radius 1 is 1.21 bits per heavy atom. The molecule has 0 atom stereocenters. The summed E-state index contributed by atoms with van der Waals surface area (Å²) in [5.74, 6) is 0. The number of nitrogens with zero attached hydrogens (tertiary/aromatic N) is 1. The third-order valence-electron chi connectivity index (χ3n) is 1.98. The summed E-state index contributed by atoms with van der Waals surface area (Å²) in [5.41, 5.74) is 4.37. The summed E-state index contributed by atoms with van der Waals surface area (Å²) in [4.78, 5) is 0. The molecule has 0 saturated carbocycles. The zero-order chi connectivity index (χ0) is 9.71. The smallest absolute Gasteiger partial charge is 0.0928 e. The van der Waals surface area contributed by atoms with Crippen LogP contribution in [0.5, 0.6) is 0 Å². The van der Waals surface area contributed by atoms with Gasteiger partial charge in [-0.2, -0.15) is 0 Å². The van der Waals surface area contributed by atoms with Gasteiger partial charge in [-0.15, -0.1) is 0 Å². The number of hydrogen-bond donors (Lipinski definition) is 3. The van der Waals surface area contributed by atoms with Crippen molar-refractivity contribution in [3.8, 4) is 0 Å². The van der Waals surface area contributed by atoms with Gasteiger partial charge in [0.25, 0.3) is 0 Å².